The Labute approximate surface area is 197 Å². The van der Waals surface area contributed by atoms with Crippen LogP contribution in [-0.4, -0.2) is 47.4 Å². The van der Waals surface area contributed by atoms with E-state index in [9.17, 15) is 0 Å². The molecule has 9 nitrogen and oxygen atoms in total. The van der Waals surface area contributed by atoms with Gasteiger partial charge in [0.05, 0.1) is 11.9 Å². The molecule has 0 radical (unpaired) electrons. The number of aromatic nitrogens is 7. The quantitative estimate of drug-likeness (QED) is 0.420. The Hall–Kier alpha value is -4.27. The lowest BCUT2D eigenvalue weighted by Crippen LogP contribution is -2.35. The molecule has 34 heavy (non-hydrogen) atoms. The molecule has 0 saturated heterocycles. The molecular weight excluding hydrogens is 426 g/mol. The standard InChI is InChI=1S/C25H25N9/c1-3-33-16-19(13-17-7-5-4-6-8-17)24-31-30-22-14-18(15-23(33)34(22)24)20-9-11-26-25(28-20)29-21-10-12-27-32(21)2/h4-12,14-15,19H,3,13,16H2,1-2H3,(H,26,28,29)/t19-/m0/s1. The van der Waals surface area contributed by atoms with Gasteiger partial charge in [-0.1, -0.05) is 30.3 Å². The van der Waals surface area contributed by atoms with Crippen LogP contribution in [0, 0.1) is 0 Å². The summed E-state index contributed by atoms with van der Waals surface area (Å²) in [6.07, 6.45) is 4.44. The van der Waals surface area contributed by atoms with Crippen molar-refractivity contribution in [2.45, 2.75) is 19.3 Å². The summed E-state index contributed by atoms with van der Waals surface area (Å²) >= 11 is 0. The second-order valence-corrected chi connectivity index (χ2v) is 8.51. The number of rotatable bonds is 6. The van der Waals surface area contributed by atoms with Crippen molar-refractivity contribution in [1.29, 1.82) is 0 Å². The highest BCUT2D eigenvalue weighted by molar-refractivity contribution is 5.71. The number of hydrogen-bond acceptors (Lipinski definition) is 7. The molecule has 0 spiro atoms. The van der Waals surface area contributed by atoms with Crippen molar-refractivity contribution in [2.75, 3.05) is 23.3 Å². The number of aryl methyl sites for hydroxylation is 1. The van der Waals surface area contributed by atoms with E-state index < -0.39 is 0 Å². The van der Waals surface area contributed by atoms with E-state index in [4.69, 9.17) is 4.98 Å². The number of hydrogen-bond donors (Lipinski definition) is 1. The summed E-state index contributed by atoms with van der Waals surface area (Å²) in [4.78, 5) is 11.5. The van der Waals surface area contributed by atoms with E-state index in [0.29, 0.717) is 5.95 Å². The van der Waals surface area contributed by atoms with Gasteiger partial charge in [0.1, 0.15) is 17.5 Å². The van der Waals surface area contributed by atoms with Gasteiger partial charge in [-0.05, 0) is 37.1 Å². The highest BCUT2D eigenvalue weighted by Gasteiger charge is 2.29. The lowest BCUT2D eigenvalue weighted by atomic mass is 9.96. The average molecular weight is 452 g/mol. The Morgan fingerprint density at radius 3 is 2.71 bits per heavy atom. The molecule has 5 heterocycles. The number of nitrogens with one attached hydrogen (secondary N) is 1. The van der Waals surface area contributed by atoms with Crippen molar-refractivity contribution in [2.24, 2.45) is 7.05 Å². The minimum atomic E-state index is 0.282. The van der Waals surface area contributed by atoms with E-state index in [2.05, 4.69) is 84.3 Å². The van der Waals surface area contributed by atoms with Gasteiger partial charge in [0.25, 0.3) is 0 Å². The Kier molecular flexibility index (Phi) is 4.94. The van der Waals surface area contributed by atoms with Gasteiger partial charge in [0.15, 0.2) is 5.65 Å². The van der Waals surface area contributed by atoms with Gasteiger partial charge in [-0.15, -0.1) is 10.2 Å². The van der Waals surface area contributed by atoms with Gasteiger partial charge in [0.2, 0.25) is 5.95 Å². The third kappa shape index (κ3) is 3.55. The van der Waals surface area contributed by atoms with Crippen LogP contribution in [0.5, 0.6) is 0 Å². The molecule has 1 aliphatic heterocycles. The summed E-state index contributed by atoms with van der Waals surface area (Å²) in [6, 6.07) is 18.6. The fourth-order valence-electron chi connectivity index (χ4n) is 4.64. The lowest BCUT2D eigenvalue weighted by molar-refractivity contribution is 0.573. The molecule has 0 aliphatic carbocycles. The second kappa shape index (κ2) is 8.26. The molecule has 1 atom stereocenters. The van der Waals surface area contributed by atoms with Crippen LogP contribution in [0.1, 0.15) is 24.2 Å². The largest absolute Gasteiger partial charge is 0.357 e. The first-order valence-electron chi connectivity index (χ1n) is 11.5. The Bertz CT molecular complexity index is 1450. The van der Waals surface area contributed by atoms with Crippen molar-refractivity contribution in [3.05, 3.63) is 78.4 Å². The van der Waals surface area contributed by atoms with Crippen LogP contribution in [0.3, 0.4) is 0 Å². The summed E-state index contributed by atoms with van der Waals surface area (Å²) in [5, 5.41) is 16.6. The number of benzene rings is 1. The molecule has 0 unspecified atom stereocenters. The van der Waals surface area contributed by atoms with Crippen molar-refractivity contribution >= 4 is 23.2 Å². The zero-order valence-corrected chi connectivity index (χ0v) is 19.1. The SMILES string of the molecule is CCN1C[C@H](Cc2ccccc2)c2nnc3cc(-c4ccnc(Nc5ccnn5C)n4)cc1n23. The summed E-state index contributed by atoms with van der Waals surface area (Å²) in [7, 11) is 1.87. The summed E-state index contributed by atoms with van der Waals surface area (Å²) < 4.78 is 3.94. The predicted octanol–water partition coefficient (Wildman–Crippen LogP) is 3.83. The van der Waals surface area contributed by atoms with Crippen LogP contribution in [0.15, 0.2) is 67.0 Å². The first-order chi connectivity index (χ1) is 16.7. The van der Waals surface area contributed by atoms with Gasteiger partial charge >= 0.3 is 0 Å². The maximum atomic E-state index is 4.75. The normalized spacial score (nSPS) is 15.1. The molecule has 6 rings (SSSR count). The second-order valence-electron chi connectivity index (χ2n) is 8.51. The van der Waals surface area contributed by atoms with Crippen LogP contribution in [0.4, 0.5) is 17.6 Å². The van der Waals surface area contributed by atoms with Crippen molar-refractivity contribution in [1.82, 2.24) is 34.3 Å². The third-order valence-corrected chi connectivity index (χ3v) is 6.36. The minimum absolute atomic E-state index is 0.282. The number of pyridine rings is 1. The minimum Gasteiger partial charge on any atom is -0.357 e. The molecule has 170 valence electrons. The molecule has 0 amide bonds. The van der Waals surface area contributed by atoms with E-state index in [1.54, 1.807) is 17.1 Å². The average Bonchev–Trinajstić information content (AvgIpc) is 3.48. The monoisotopic (exact) mass is 451 g/mol. The highest BCUT2D eigenvalue weighted by Crippen LogP contribution is 2.35. The van der Waals surface area contributed by atoms with Gasteiger partial charge in [-0.2, -0.15) is 5.10 Å². The fourth-order valence-corrected chi connectivity index (χ4v) is 4.64. The smallest absolute Gasteiger partial charge is 0.228 e. The summed E-state index contributed by atoms with van der Waals surface area (Å²) in [5.74, 6) is 3.74. The van der Waals surface area contributed by atoms with Crippen LogP contribution in [0.25, 0.3) is 16.9 Å². The Morgan fingerprint density at radius 2 is 1.91 bits per heavy atom. The van der Waals surface area contributed by atoms with Crippen LogP contribution < -0.4 is 10.2 Å². The number of nitrogens with zero attached hydrogens (tertiary/aromatic N) is 8. The van der Waals surface area contributed by atoms with Crippen molar-refractivity contribution < 1.29 is 0 Å². The topological polar surface area (TPSA) is 89.1 Å². The highest BCUT2D eigenvalue weighted by atomic mass is 15.3. The molecule has 1 N–H and O–H groups in total. The third-order valence-electron chi connectivity index (χ3n) is 6.36. The fraction of sp³-hybridized carbons (Fsp3) is 0.240. The van der Waals surface area contributed by atoms with E-state index in [1.165, 1.54) is 5.56 Å². The van der Waals surface area contributed by atoms with Gasteiger partial charge < -0.3 is 10.2 Å². The van der Waals surface area contributed by atoms with Gasteiger partial charge in [-0.25, -0.2) is 9.97 Å². The Morgan fingerprint density at radius 1 is 1.03 bits per heavy atom. The van der Waals surface area contributed by atoms with Gasteiger partial charge in [-0.3, -0.25) is 9.08 Å². The number of likely N-dealkylation sites (N-methyl/N-ethyl adjacent to an activating group) is 1. The predicted molar refractivity (Wildman–Crippen MR) is 131 cm³/mol. The first-order valence-corrected chi connectivity index (χ1v) is 11.5. The maximum Gasteiger partial charge on any atom is 0.228 e. The van der Waals surface area contributed by atoms with Crippen LogP contribution in [-0.2, 0) is 13.5 Å². The van der Waals surface area contributed by atoms with Crippen molar-refractivity contribution in [3.8, 4) is 11.3 Å². The van der Waals surface area contributed by atoms with E-state index in [-0.39, 0.29) is 5.92 Å². The van der Waals surface area contributed by atoms with E-state index in [0.717, 1.165) is 53.9 Å². The van der Waals surface area contributed by atoms with E-state index >= 15 is 0 Å². The molecule has 1 aromatic carbocycles. The molecule has 0 fully saturated rings. The first kappa shape index (κ1) is 20.3. The maximum absolute atomic E-state index is 4.75. The van der Waals surface area contributed by atoms with Gasteiger partial charge in [0, 0.05) is 43.9 Å². The van der Waals surface area contributed by atoms with E-state index in [1.807, 2.05) is 19.2 Å². The zero-order valence-electron chi connectivity index (χ0n) is 19.1. The zero-order chi connectivity index (χ0) is 23.1. The molecular formula is C25H25N9. The van der Waals surface area contributed by atoms with Crippen molar-refractivity contribution in [3.63, 3.8) is 0 Å². The molecule has 5 aromatic rings. The van der Waals surface area contributed by atoms with Crippen LogP contribution >= 0.6 is 0 Å². The molecule has 9 heteroatoms. The molecule has 4 aromatic heterocycles. The molecule has 0 saturated carbocycles. The molecule has 0 bridgehead atoms. The van der Waals surface area contributed by atoms with Crippen LogP contribution in [0.2, 0.25) is 0 Å². The summed E-state index contributed by atoms with van der Waals surface area (Å²) in [5.41, 5.74) is 3.95. The Balaban J connectivity index is 1.38. The number of anilines is 3. The lowest BCUT2D eigenvalue weighted by Gasteiger charge is -2.33. The summed E-state index contributed by atoms with van der Waals surface area (Å²) in [6.45, 7) is 3.99. The molecule has 1 aliphatic rings.